The Morgan fingerprint density at radius 2 is 2.03 bits per heavy atom. The van der Waals surface area contributed by atoms with Gasteiger partial charge in [0.15, 0.2) is 11.3 Å². The number of hydrogen-bond acceptors (Lipinski definition) is 5. The summed E-state index contributed by atoms with van der Waals surface area (Å²) in [6, 6.07) is 13.5. The molecule has 5 nitrogen and oxygen atoms in total. The van der Waals surface area contributed by atoms with Gasteiger partial charge in [-0.25, -0.2) is 9.97 Å². The van der Waals surface area contributed by atoms with Crippen LogP contribution in [0.5, 0.6) is 0 Å². The van der Waals surface area contributed by atoms with E-state index in [4.69, 9.17) is 21.0 Å². The lowest BCUT2D eigenvalue weighted by molar-refractivity contribution is 0.240. The monoisotopic (exact) mass is 417 g/mol. The first kappa shape index (κ1) is 19.0. The zero-order valence-electron chi connectivity index (χ0n) is 16.6. The Morgan fingerprint density at radius 3 is 2.87 bits per heavy atom. The quantitative estimate of drug-likeness (QED) is 0.480. The lowest BCUT2D eigenvalue weighted by Crippen LogP contribution is -2.32. The third kappa shape index (κ3) is 3.51. The molecule has 30 heavy (non-hydrogen) atoms. The number of fused-ring (bicyclic) bond motifs is 2. The third-order valence-corrected chi connectivity index (χ3v) is 5.97. The zero-order valence-corrected chi connectivity index (χ0v) is 17.3. The maximum absolute atomic E-state index is 12.9. The predicted molar refractivity (Wildman–Crippen MR) is 118 cm³/mol. The Balaban J connectivity index is 1.39. The first-order valence-corrected chi connectivity index (χ1v) is 10.3. The molecule has 0 atom stereocenters. The molecule has 0 saturated heterocycles. The summed E-state index contributed by atoms with van der Waals surface area (Å²) in [5.41, 5.74) is 5.26. The fourth-order valence-corrected chi connectivity index (χ4v) is 4.04. The standard InChI is InChI=1S/C24H20ClN3O2/c1-15-9-22-19(10-20(15)25)23(29)18(14-30-22)13-28-8-7-21-17(12-28)11-26-24(27-21)16-5-3-2-4-6-16/h2-6,9-11,14H,7-8,12-13H2,1H3. The highest BCUT2D eigenvalue weighted by molar-refractivity contribution is 6.32. The molecule has 2 aromatic heterocycles. The van der Waals surface area contributed by atoms with E-state index in [0.29, 0.717) is 34.6 Å². The van der Waals surface area contributed by atoms with E-state index in [2.05, 4.69) is 9.88 Å². The molecule has 0 amide bonds. The van der Waals surface area contributed by atoms with Crippen LogP contribution in [0.2, 0.25) is 5.02 Å². The number of nitrogens with zero attached hydrogens (tertiary/aromatic N) is 3. The highest BCUT2D eigenvalue weighted by atomic mass is 35.5. The van der Waals surface area contributed by atoms with Gasteiger partial charge in [0.2, 0.25) is 0 Å². The van der Waals surface area contributed by atoms with Gasteiger partial charge in [0.1, 0.15) is 5.58 Å². The lowest BCUT2D eigenvalue weighted by atomic mass is 10.1. The minimum atomic E-state index is -0.0281. The van der Waals surface area contributed by atoms with Crippen molar-refractivity contribution in [3.63, 3.8) is 0 Å². The van der Waals surface area contributed by atoms with Crippen molar-refractivity contribution in [2.45, 2.75) is 26.4 Å². The summed E-state index contributed by atoms with van der Waals surface area (Å²) in [7, 11) is 0. The van der Waals surface area contributed by atoms with Crippen molar-refractivity contribution in [2.75, 3.05) is 6.54 Å². The molecule has 6 heteroatoms. The van der Waals surface area contributed by atoms with E-state index in [-0.39, 0.29) is 5.43 Å². The second-order valence-corrected chi connectivity index (χ2v) is 8.09. The number of benzene rings is 2. The first-order valence-electron chi connectivity index (χ1n) is 9.91. The SMILES string of the molecule is Cc1cc2occ(CN3CCc4nc(-c5ccccc5)ncc4C3)c(=O)c2cc1Cl. The van der Waals surface area contributed by atoms with Crippen LogP contribution in [-0.2, 0) is 19.5 Å². The summed E-state index contributed by atoms with van der Waals surface area (Å²) in [5.74, 6) is 0.755. The van der Waals surface area contributed by atoms with Crippen LogP contribution in [0, 0.1) is 6.92 Å². The molecule has 0 unspecified atom stereocenters. The van der Waals surface area contributed by atoms with E-state index < -0.39 is 0 Å². The zero-order chi connectivity index (χ0) is 20.7. The summed E-state index contributed by atoms with van der Waals surface area (Å²) >= 11 is 6.21. The van der Waals surface area contributed by atoms with Crippen molar-refractivity contribution < 1.29 is 4.42 Å². The average molecular weight is 418 g/mol. The highest BCUT2D eigenvalue weighted by Gasteiger charge is 2.20. The minimum Gasteiger partial charge on any atom is -0.464 e. The normalized spacial score (nSPS) is 14.1. The number of hydrogen-bond donors (Lipinski definition) is 0. The van der Waals surface area contributed by atoms with Gasteiger partial charge in [0.25, 0.3) is 0 Å². The van der Waals surface area contributed by atoms with E-state index in [1.165, 1.54) is 0 Å². The molecule has 5 rings (SSSR count). The maximum Gasteiger partial charge on any atom is 0.197 e. The van der Waals surface area contributed by atoms with Crippen LogP contribution in [0.15, 0.2) is 64.1 Å². The Kier molecular flexibility index (Phi) is 4.85. The molecule has 0 aliphatic carbocycles. The molecule has 3 heterocycles. The van der Waals surface area contributed by atoms with E-state index in [0.717, 1.165) is 41.2 Å². The highest BCUT2D eigenvalue weighted by Crippen LogP contribution is 2.24. The van der Waals surface area contributed by atoms with Crippen LogP contribution in [0.25, 0.3) is 22.4 Å². The second-order valence-electron chi connectivity index (χ2n) is 7.68. The van der Waals surface area contributed by atoms with Crippen molar-refractivity contribution in [1.29, 1.82) is 0 Å². The second kappa shape index (κ2) is 7.67. The van der Waals surface area contributed by atoms with Crippen molar-refractivity contribution in [2.24, 2.45) is 0 Å². The largest absolute Gasteiger partial charge is 0.464 e. The van der Waals surface area contributed by atoms with Gasteiger partial charge in [-0.1, -0.05) is 41.9 Å². The van der Waals surface area contributed by atoms with E-state index in [9.17, 15) is 4.79 Å². The lowest BCUT2D eigenvalue weighted by Gasteiger charge is -2.27. The number of rotatable bonds is 3. The molecule has 0 saturated carbocycles. The molecular formula is C24H20ClN3O2. The summed E-state index contributed by atoms with van der Waals surface area (Å²) in [6.45, 7) is 3.94. The molecule has 0 spiro atoms. The van der Waals surface area contributed by atoms with Gasteiger partial charge in [-0.3, -0.25) is 9.69 Å². The van der Waals surface area contributed by atoms with Crippen molar-refractivity contribution in [3.8, 4) is 11.4 Å². The molecule has 4 aromatic rings. The third-order valence-electron chi connectivity index (χ3n) is 5.56. The van der Waals surface area contributed by atoms with Gasteiger partial charge in [-0.15, -0.1) is 0 Å². The fourth-order valence-electron chi connectivity index (χ4n) is 3.88. The summed E-state index contributed by atoms with van der Waals surface area (Å²) in [5, 5.41) is 1.10. The molecule has 150 valence electrons. The Labute approximate surface area is 179 Å². The molecule has 0 fully saturated rings. The van der Waals surface area contributed by atoms with Gasteiger partial charge in [-0.05, 0) is 24.6 Å². The van der Waals surface area contributed by atoms with Gasteiger partial charge in [-0.2, -0.15) is 0 Å². The average Bonchev–Trinajstić information content (AvgIpc) is 2.77. The number of halogens is 1. The maximum atomic E-state index is 12.9. The van der Waals surface area contributed by atoms with Crippen LogP contribution < -0.4 is 5.43 Å². The Bertz CT molecular complexity index is 1300. The molecular weight excluding hydrogens is 398 g/mol. The molecule has 1 aliphatic rings. The summed E-state index contributed by atoms with van der Waals surface area (Å²) in [6.07, 6.45) is 4.30. The Hall–Kier alpha value is -3.02. The van der Waals surface area contributed by atoms with Crippen LogP contribution >= 0.6 is 11.6 Å². The molecule has 2 aromatic carbocycles. The van der Waals surface area contributed by atoms with Gasteiger partial charge >= 0.3 is 0 Å². The molecule has 1 aliphatic heterocycles. The van der Waals surface area contributed by atoms with Gasteiger partial charge in [0, 0.05) is 54.0 Å². The van der Waals surface area contributed by atoms with Gasteiger partial charge in [0.05, 0.1) is 17.3 Å². The van der Waals surface area contributed by atoms with Gasteiger partial charge < -0.3 is 4.42 Å². The van der Waals surface area contributed by atoms with Crippen molar-refractivity contribution in [1.82, 2.24) is 14.9 Å². The molecule has 0 bridgehead atoms. The molecule has 0 radical (unpaired) electrons. The number of aromatic nitrogens is 2. The molecule has 0 N–H and O–H groups in total. The van der Waals surface area contributed by atoms with E-state index >= 15 is 0 Å². The fraction of sp³-hybridized carbons (Fsp3) is 0.208. The smallest absolute Gasteiger partial charge is 0.197 e. The first-order chi connectivity index (χ1) is 14.6. The van der Waals surface area contributed by atoms with E-state index in [1.807, 2.05) is 49.5 Å². The van der Waals surface area contributed by atoms with E-state index in [1.54, 1.807) is 12.3 Å². The van der Waals surface area contributed by atoms with Crippen molar-refractivity contribution >= 4 is 22.6 Å². The predicted octanol–water partition coefficient (Wildman–Crippen LogP) is 4.77. The topological polar surface area (TPSA) is 59.2 Å². The van der Waals surface area contributed by atoms with Crippen molar-refractivity contribution in [3.05, 3.63) is 92.6 Å². The number of aryl methyl sites for hydroxylation is 1. The minimum absolute atomic E-state index is 0.0281. The Morgan fingerprint density at radius 1 is 1.20 bits per heavy atom. The van der Waals surface area contributed by atoms with Crippen LogP contribution in [0.1, 0.15) is 22.4 Å². The van der Waals surface area contributed by atoms with Crippen LogP contribution in [0.4, 0.5) is 0 Å². The van der Waals surface area contributed by atoms with Crippen LogP contribution in [0.3, 0.4) is 0 Å². The van der Waals surface area contributed by atoms with Crippen LogP contribution in [-0.4, -0.2) is 21.4 Å². The summed E-state index contributed by atoms with van der Waals surface area (Å²) < 4.78 is 5.73. The summed E-state index contributed by atoms with van der Waals surface area (Å²) in [4.78, 5) is 24.5.